The Labute approximate surface area is 201 Å². The summed E-state index contributed by atoms with van der Waals surface area (Å²) in [6.45, 7) is 14.8. The molecule has 1 aliphatic rings. The SMILES string of the molecule is CCCCC(C)N1CCCCC1C(=O)NC(C(=O)N(C)C(C)/C=C(\C)C(=O)OCC)C(C)C. The van der Waals surface area contributed by atoms with Gasteiger partial charge in [-0.2, -0.15) is 0 Å². The first kappa shape index (κ1) is 29.1. The third kappa shape index (κ3) is 8.76. The van der Waals surface area contributed by atoms with Gasteiger partial charge in [-0.15, -0.1) is 0 Å². The summed E-state index contributed by atoms with van der Waals surface area (Å²) in [5.41, 5.74) is 0.466. The van der Waals surface area contributed by atoms with Crippen molar-refractivity contribution in [1.82, 2.24) is 15.1 Å². The highest BCUT2D eigenvalue weighted by molar-refractivity contribution is 5.91. The number of esters is 1. The van der Waals surface area contributed by atoms with Gasteiger partial charge in [0.1, 0.15) is 6.04 Å². The third-order valence-corrected chi connectivity index (χ3v) is 6.67. The van der Waals surface area contributed by atoms with Gasteiger partial charge in [-0.25, -0.2) is 4.79 Å². The van der Waals surface area contributed by atoms with Crippen LogP contribution in [-0.2, 0) is 19.1 Å². The number of hydrogen-bond donors (Lipinski definition) is 1. The lowest BCUT2D eigenvalue weighted by Gasteiger charge is -2.40. The van der Waals surface area contributed by atoms with E-state index in [4.69, 9.17) is 4.74 Å². The molecule has 7 nitrogen and oxygen atoms in total. The summed E-state index contributed by atoms with van der Waals surface area (Å²) in [6, 6.07) is -0.752. The molecular formula is C26H47N3O4. The predicted molar refractivity (Wildman–Crippen MR) is 133 cm³/mol. The lowest BCUT2D eigenvalue weighted by atomic mass is 9.96. The second-order valence-electron chi connectivity index (χ2n) is 9.73. The summed E-state index contributed by atoms with van der Waals surface area (Å²) in [6.07, 6.45) is 8.08. The van der Waals surface area contributed by atoms with Crippen molar-refractivity contribution in [3.63, 3.8) is 0 Å². The number of nitrogens with zero attached hydrogens (tertiary/aromatic N) is 2. The molecule has 0 saturated carbocycles. The van der Waals surface area contributed by atoms with Crippen LogP contribution in [0.3, 0.4) is 0 Å². The number of carbonyl (C=O) groups is 3. The van der Waals surface area contributed by atoms with E-state index in [0.29, 0.717) is 18.2 Å². The summed E-state index contributed by atoms with van der Waals surface area (Å²) in [4.78, 5) is 42.5. The van der Waals surface area contributed by atoms with Gasteiger partial charge in [0.05, 0.1) is 12.6 Å². The molecule has 4 atom stereocenters. The highest BCUT2D eigenvalue weighted by Crippen LogP contribution is 2.23. The molecule has 1 heterocycles. The topological polar surface area (TPSA) is 79.0 Å². The van der Waals surface area contributed by atoms with E-state index >= 15 is 0 Å². The van der Waals surface area contributed by atoms with Crippen molar-refractivity contribution in [2.75, 3.05) is 20.2 Å². The first-order chi connectivity index (χ1) is 15.5. The Morgan fingerprint density at radius 2 is 1.82 bits per heavy atom. The number of amides is 2. The molecule has 1 saturated heterocycles. The number of carbonyl (C=O) groups excluding carboxylic acids is 3. The van der Waals surface area contributed by atoms with Gasteiger partial charge in [0.15, 0.2) is 0 Å². The number of piperidine rings is 1. The Hall–Kier alpha value is -1.89. The average Bonchev–Trinajstić information content (AvgIpc) is 2.79. The Bertz CT molecular complexity index is 676. The Morgan fingerprint density at radius 3 is 2.39 bits per heavy atom. The molecule has 0 aliphatic carbocycles. The van der Waals surface area contributed by atoms with Crippen LogP contribution in [0, 0.1) is 5.92 Å². The molecule has 0 aromatic rings. The molecule has 0 aromatic heterocycles. The van der Waals surface area contributed by atoms with Gasteiger partial charge in [-0.1, -0.05) is 46.1 Å². The minimum atomic E-state index is -0.615. The van der Waals surface area contributed by atoms with Crippen LogP contribution in [0.15, 0.2) is 11.6 Å². The van der Waals surface area contributed by atoms with Gasteiger partial charge >= 0.3 is 5.97 Å². The van der Waals surface area contributed by atoms with E-state index in [-0.39, 0.29) is 35.8 Å². The van der Waals surface area contributed by atoms with Gasteiger partial charge in [0.25, 0.3) is 0 Å². The number of unbranched alkanes of at least 4 members (excludes halogenated alkanes) is 1. The fourth-order valence-corrected chi connectivity index (χ4v) is 4.40. The molecule has 0 bridgehead atoms. The fraction of sp³-hybridized carbons (Fsp3) is 0.808. The van der Waals surface area contributed by atoms with Crippen molar-refractivity contribution < 1.29 is 19.1 Å². The van der Waals surface area contributed by atoms with E-state index in [1.807, 2.05) is 20.8 Å². The van der Waals surface area contributed by atoms with Gasteiger partial charge in [0.2, 0.25) is 11.8 Å². The first-order valence-electron chi connectivity index (χ1n) is 12.7. The number of nitrogens with one attached hydrogen (secondary N) is 1. The van der Waals surface area contributed by atoms with Crippen LogP contribution < -0.4 is 5.32 Å². The summed E-state index contributed by atoms with van der Waals surface area (Å²) >= 11 is 0. The monoisotopic (exact) mass is 465 g/mol. The fourth-order valence-electron chi connectivity index (χ4n) is 4.40. The molecule has 1 rings (SSSR count). The van der Waals surface area contributed by atoms with Gasteiger partial charge in [-0.05, 0) is 59.4 Å². The molecule has 4 unspecified atom stereocenters. The molecule has 190 valence electrons. The molecule has 0 spiro atoms. The molecular weight excluding hydrogens is 418 g/mol. The maximum absolute atomic E-state index is 13.3. The van der Waals surface area contributed by atoms with Crippen molar-refractivity contribution in [3.05, 3.63) is 11.6 Å². The van der Waals surface area contributed by atoms with E-state index in [0.717, 1.165) is 45.1 Å². The number of likely N-dealkylation sites (N-methyl/N-ethyl adjacent to an activating group) is 1. The Kier molecular flexibility index (Phi) is 12.7. The number of likely N-dealkylation sites (tertiary alicyclic amines) is 1. The first-order valence-corrected chi connectivity index (χ1v) is 12.7. The highest BCUT2D eigenvalue weighted by Gasteiger charge is 2.35. The number of ether oxygens (including phenoxy) is 1. The summed E-state index contributed by atoms with van der Waals surface area (Å²) in [5.74, 6) is -0.640. The number of rotatable bonds is 12. The standard InChI is InChI=1S/C26H47N3O4/c1-9-11-14-20(6)29-16-13-12-15-22(29)24(30)27-23(18(3)4)25(31)28(8)21(7)17-19(5)26(32)33-10-2/h17-18,20-23H,9-16H2,1-8H3,(H,27,30)/b19-17+. The lowest BCUT2D eigenvalue weighted by molar-refractivity contribution is -0.140. The maximum atomic E-state index is 13.3. The molecule has 1 fully saturated rings. The minimum Gasteiger partial charge on any atom is -0.463 e. The van der Waals surface area contributed by atoms with Crippen LogP contribution in [-0.4, -0.2) is 72.0 Å². The largest absolute Gasteiger partial charge is 0.463 e. The van der Waals surface area contributed by atoms with E-state index in [2.05, 4.69) is 24.1 Å². The van der Waals surface area contributed by atoms with Crippen LogP contribution >= 0.6 is 0 Å². The molecule has 33 heavy (non-hydrogen) atoms. The zero-order valence-electron chi connectivity index (χ0n) is 22.1. The lowest BCUT2D eigenvalue weighted by Crippen LogP contribution is -2.58. The average molecular weight is 466 g/mol. The maximum Gasteiger partial charge on any atom is 0.333 e. The van der Waals surface area contributed by atoms with E-state index < -0.39 is 6.04 Å². The van der Waals surface area contributed by atoms with Crippen LogP contribution in [0.2, 0.25) is 0 Å². The van der Waals surface area contributed by atoms with Crippen molar-refractivity contribution in [2.24, 2.45) is 5.92 Å². The van der Waals surface area contributed by atoms with E-state index in [1.54, 1.807) is 31.9 Å². The number of hydrogen-bond acceptors (Lipinski definition) is 5. The minimum absolute atomic E-state index is 0.0515. The molecule has 2 amide bonds. The van der Waals surface area contributed by atoms with Crippen LogP contribution in [0.1, 0.15) is 87.0 Å². The molecule has 1 aliphatic heterocycles. The van der Waals surface area contributed by atoms with Crippen LogP contribution in [0.4, 0.5) is 0 Å². The highest BCUT2D eigenvalue weighted by atomic mass is 16.5. The molecule has 1 N–H and O–H groups in total. The second kappa shape index (κ2) is 14.4. The summed E-state index contributed by atoms with van der Waals surface area (Å²) < 4.78 is 5.03. The van der Waals surface area contributed by atoms with Crippen molar-refractivity contribution in [3.8, 4) is 0 Å². The smallest absolute Gasteiger partial charge is 0.333 e. The molecule has 0 radical (unpaired) electrons. The predicted octanol–water partition coefficient (Wildman–Crippen LogP) is 3.92. The van der Waals surface area contributed by atoms with Gasteiger partial charge in [-0.3, -0.25) is 14.5 Å². The quantitative estimate of drug-likeness (QED) is 0.349. The van der Waals surface area contributed by atoms with E-state index in [9.17, 15) is 14.4 Å². The zero-order valence-corrected chi connectivity index (χ0v) is 22.1. The van der Waals surface area contributed by atoms with Gasteiger partial charge < -0.3 is 15.0 Å². The Morgan fingerprint density at radius 1 is 1.15 bits per heavy atom. The van der Waals surface area contributed by atoms with Crippen molar-refractivity contribution in [1.29, 1.82) is 0 Å². The van der Waals surface area contributed by atoms with Crippen LogP contribution in [0.25, 0.3) is 0 Å². The second-order valence-corrected chi connectivity index (χ2v) is 9.73. The van der Waals surface area contributed by atoms with Crippen molar-refractivity contribution >= 4 is 17.8 Å². The molecule has 0 aromatic carbocycles. The normalized spacial score (nSPS) is 20.2. The Balaban J connectivity index is 2.92. The third-order valence-electron chi connectivity index (χ3n) is 6.67. The molecule has 7 heteroatoms. The van der Waals surface area contributed by atoms with E-state index in [1.165, 1.54) is 0 Å². The van der Waals surface area contributed by atoms with Gasteiger partial charge in [0, 0.05) is 24.7 Å². The summed E-state index contributed by atoms with van der Waals surface area (Å²) in [5, 5.41) is 3.07. The summed E-state index contributed by atoms with van der Waals surface area (Å²) in [7, 11) is 1.71. The van der Waals surface area contributed by atoms with Crippen molar-refractivity contribution in [2.45, 2.75) is 111 Å². The zero-order chi connectivity index (χ0) is 25.1. The van der Waals surface area contributed by atoms with Crippen LogP contribution in [0.5, 0.6) is 0 Å².